The minimum Gasteiger partial charge on any atom is -0.360 e. The SMILES string of the molecule is CCc1cccc2c(C(=O)CSc3nnc(-c4cccs4)n3[C@H](C)[C@@H]3C[C@H]4CC[C@H]3C4)c[nH]c12. The summed E-state index contributed by atoms with van der Waals surface area (Å²) in [5.74, 6) is 3.81. The minimum atomic E-state index is 0.129. The van der Waals surface area contributed by atoms with Crippen molar-refractivity contribution < 1.29 is 4.79 Å². The third-order valence-corrected chi connectivity index (χ3v) is 9.85. The van der Waals surface area contributed by atoms with E-state index in [1.807, 2.05) is 18.3 Å². The van der Waals surface area contributed by atoms with Gasteiger partial charge in [0.2, 0.25) is 0 Å². The number of benzene rings is 1. The van der Waals surface area contributed by atoms with E-state index >= 15 is 0 Å². The van der Waals surface area contributed by atoms with Crippen LogP contribution < -0.4 is 0 Å². The Morgan fingerprint density at radius 2 is 2.15 bits per heavy atom. The number of aromatic amines is 1. The topological polar surface area (TPSA) is 63.6 Å². The van der Waals surface area contributed by atoms with Crippen LogP contribution in [0.1, 0.15) is 61.5 Å². The normalized spacial score (nSPS) is 22.6. The molecule has 0 spiro atoms. The van der Waals surface area contributed by atoms with Crippen LogP contribution >= 0.6 is 23.1 Å². The van der Waals surface area contributed by atoms with E-state index in [0.717, 1.165) is 50.6 Å². The van der Waals surface area contributed by atoms with Gasteiger partial charge in [-0.15, -0.1) is 21.5 Å². The summed E-state index contributed by atoms with van der Waals surface area (Å²) >= 11 is 3.23. The van der Waals surface area contributed by atoms with Gasteiger partial charge < -0.3 is 4.98 Å². The standard InChI is InChI=1S/C27H30N4OS2/c1-3-18-6-4-7-20-22(14-28-25(18)20)23(32)15-34-27-30-29-26(24-8-5-11-33-24)31(27)16(2)21-13-17-9-10-19(21)12-17/h4-8,11,14,16-17,19,21,28H,3,9-10,12-13,15H2,1-2H3/t16-,17+,19+,21+/m1/s1. The summed E-state index contributed by atoms with van der Waals surface area (Å²) in [4.78, 5) is 17.7. The van der Waals surface area contributed by atoms with Crippen molar-refractivity contribution in [2.75, 3.05) is 5.75 Å². The summed E-state index contributed by atoms with van der Waals surface area (Å²) in [5, 5.41) is 13.2. The molecule has 2 bridgehead atoms. The van der Waals surface area contributed by atoms with Crippen LogP contribution in [0.25, 0.3) is 21.6 Å². The van der Waals surface area contributed by atoms with Crippen molar-refractivity contribution in [2.24, 2.45) is 17.8 Å². The lowest BCUT2D eigenvalue weighted by Crippen LogP contribution is -2.23. The molecule has 0 saturated heterocycles. The molecule has 3 heterocycles. The maximum Gasteiger partial charge on any atom is 0.192 e. The van der Waals surface area contributed by atoms with E-state index in [0.29, 0.717) is 17.7 Å². The summed E-state index contributed by atoms with van der Waals surface area (Å²) in [6.45, 7) is 4.48. The minimum absolute atomic E-state index is 0.129. The largest absolute Gasteiger partial charge is 0.360 e. The molecule has 5 nitrogen and oxygen atoms in total. The zero-order valence-corrected chi connectivity index (χ0v) is 21.3. The van der Waals surface area contributed by atoms with Crippen molar-refractivity contribution in [3.05, 3.63) is 53.0 Å². The molecule has 176 valence electrons. The van der Waals surface area contributed by atoms with Gasteiger partial charge in [0.25, 0.3) is 0 Å². The van der Waals surface area contributed by atoms with Crippen molar-refractivity contribution in [1.82, 2.24) is 19.7 Å². The molecule has 0 aliphatic heterocycles. The summed E-state index contributed by atoms with van der Waals surface area (Å²) < 4.78 is 2.33. The predicted molar refractivity (Wildman–Crippen MR) is 140 cm³/mol. The molecule has 3 aromatic heterocycles. The molecule has 1 N–H and O–H groups in total. The molecule has 1 aromatic carbocycles. The Bertz CT molecular complexity index is 1320. The van der Waals surface area contributed by atoms with Gasteiger partial charge in [-0.2, -0.15) is 0 Å². The number of nitrogens with one attached hydrogen (secondary N) is 1. The van der Waals surface area contributed by atoms with E-state index in [4.69, 9.17) is 0 Å². The highest BCUT2D eigenvalue weighted by molar-refractivity contribution is 7.99. The summed E-state index contributed by atoms with van der Waals surface area (Å²) in [6, 6.07) is 10.7. The average Bonchev–Trinajstić information content (AvgIpc) is 3.68. The van der Waals surface area contributed by atoms with Crippen molar-refractivity contribution >= 4 is 39.8 Å². The molecular weight excluding hydrogens is 460 g/mol. The molecule has 2 aliphatic rings. The first-order chi connectivity index (χ1) is 16.6. The second kappa shape index (κ2) is 9.00. The zero-order valence-electron chi connectivity index (χ0n) is 19.7. The number of thioether (sulfide) groups is 1. The molecule has 2 fully saturated rings. The van der Waals surface area contributed by atoms with Gasteiger partial charge in [0, 0.05) is 28.7 Å². The molecule has 0 unspecified atom stereocenters. The van der Waals surface area contributed by atoms with Crippen LogP contribution in [0.4, 0.5) is 0 Å². The fourth-order valence-corrected chi connectivity index (χ4v) is 7.95. The Labute approximate surface area is 208 Å². The predicted octanol–water partition coefficient (Wildman–Crippen LogP) is 7.02. The van der Waals surface area contributed by atoms with Crippen LogP contribution in [0.2, 0.25) is 0 Å². The Hall–Kier alpha value is -2.38. The van der Waals surface area contributed by atoms with Gasteiger partial charge >= 0.3 is 0 Å². The van der Waals surface area contributed by atoms with Crippen LogP contribution in [-0.4, -0.2) is 31.3 Å². The molecular formula is C27H30N4OS2. The number of thiophene rings is 1. The fraction of sp³-hybridized carbons (Fsp3) is 0.444. The highest BCUT2D eigenvalue weighted by atomic mass is 32.2. The molecule has 0 amide bonds. The van der Waals surface area contributed by atoms with E-state index in [-0.39, 0.29) is 5.78 Å². The van der Waals surface area contributed by atoms with Crippen LogP contribution in [0.15, 0.2) is 47.1 Å². The number of aromatic nitrogens is 4. The van der Waals surface area contributed by atoms with E-state index in [9.17, 15) is 4.79 Å². The van der Waals surface area contributed by atoms with Gasteiger partial charge in [-0.05, 0) is 67.4 Å². The number of carbonyl (C=O) groups is 1. The monoisotopic (exact) mass is 490 g/mol. The molecule has 2 aliphatic carbocycles. The van der Waals surface area contributed by atoms with Gasteiger partial charge in [-0.25, -0.2) is 0 Å². The van der Waals surface area contributed by atoms with Crippen LogP contribution in [0, 0.1) is 17.8 Å². The fourth-order valence-electron chi connectivity index (χ4n) is 6.34. The molecule has 4 aromatic rings. The third kappa shape index (κ3) is 3.73. The maximum absolute atomic E-state index is 13.3. The average molecular weight is 491 g/mol. The molecule has 7 heteroatoms. The first-order valence-corrected chi connectivity index (χ1v) is 14.2. The Balaban J connectivity index is 1.28. The number of H-pyrrole nitrogens is 1. The molecule has 2 saturated carbocycles. The van der Waals surface area contributed by atoms with Crippen LogP contribution in [0.3, 0.4) is 0 Å². The number of rotatable bonds is 8. The second-order valence-electron chi connectivity index (χ2n) is 9.84. The number of hydrogen-bond acceptors (Lipinski definition) is 5. The highest BCUT2D eigenvalue weighted by Crippen LogP contribution is 2.53. The Morgan fingerprint density at radius 1 is 1.24 bits per heavy atom. The lowest BCUT2D eigenvalue weighted by atomic mass is 9.84. The summed E-state index contributed by atoms with van der Waals surface area (Å²) in [7, 11) is 0. The Morgan fingerprint density at radius 3 is 2.88 bits per heavy atom. The maximum atomic E-state index is 13.3. The molecule has 6 rings (SSSR count). The highest BCUT2D eigenvalue weighted by Gasteiger charge is 2.43. The van der Waals surface area contributed by atoms with E-state index in [1.54, 1.807) is 11.3 Å². The van der Waals surface area contributed by atoms with Gasteiger partial charge in [0.1, 0.15) is 0 Å². The number of ketones is 1. The molecule has 34 heavy (non-hydrogen) atoms. The lowest BCUT2D eigenvalue weighted by Gasteiger charge is -2.30. The van der Waals surface area contributed by atoms with Crippen molar-refractivity contribution in [2.45, 2.75) is 57.1 Å². The summed E-state index contributed by atoms with van der Waals surface area (Å²) in [6.07, 6.45) is 8.26. The number of Topliss-reactive ketones (excluding diaryl/α,β-unsaturated/α-hetero) is 1. The van der Waals surface area contributed by atoms with E-state index in [1.165, 1.54) is 43.0 Å². The number of hydrogen-bond donors (Lipinski definition) is 1. The van der Waals surface area contributed by atoms with Crippen LogP contribution in [-0.2, 0) is 6.42 Å². The van der Waals surface area contributed by atoms with Crippen molar-refractivity contribution in [3.63, 3.8) is 0 Å². The molecule has 4 atom stereocenters. The second-order valence-corrected chi connectivity index (χ2v) is 11.7. The number of para-hydroxylation sites is 1. The molecule has 0 radical (unpaired) electrons. The first kappa shape index (κ1) is 22.1. The van der Waals surface area contributed by atoms with Gasteiger partial charge in [-0.1, -0.05) is 49.4 Å². The number of carbonyl (C=O) groups excluding carboxylic acids is 1. The van der Waals surface area contributed by atoms with Gasteiger partial charge in [0.05, 0.1) is 10.6 Å². The number of fused-ring (bicyclic) bond motifs is 3. The number of aryl methyl sites for hydroxylation is 1. The summed E-state index contributed by atoms with van der Waals surface area (Å²) in [5.41, 5.74) is 3.08. The third-order valence-electron chi connectivity index (χ3n) is 8.04. The van der Waals surface area contributed by atoms with Gasteiger partial charge in [0.15, 0.2) is 16.8 Å². The van der Waals surface area contributed by atoms with E-state index in [2.05, 4.69) is 57.2 Å². The Kier molecular flexibility index (Phi) is 5.86. The smallest absolute Gasteiger partial charge is 0.192 e. The van der Waals surface area contributed by atoms with E-state index < -0.39 is 0 Å². The van der Waals surface area contributed by atoms with Crippen molar-refractivity contribution in [1.29, 1.82) is 0 Å². The quantitative estimate of drug-likeness (QED) is 0.213. The first-order valence-electron chi connectivity index (χ1n) is 12.4. The lowest BCUT2D eigenvalue weighted by molar-refractivity contribution is 0.102. The van der Waals surface area contributed by atoms with Crippen LogP contribution in [0.5, 0.6) is 0 Å². The van der Waals surface area contributed by atoms with Crippen molar-refractivity contribution in [3.8, 4) is 10.7 Å². The van der Waals surface area contributed by atoms with Gasteiger partial charge in [-0.3, -0.25) is 9.36 Å². The zero-order chi connectivity index (χ0) is 23.2. The number of nitrogens with zero attached hydrogens (tertiary/aromatic N) is 3.